The maximum Gasteiger partial charge on any atom is 0.337 e. The fourth-order valence-corrected chi connectivity index (χ4v) is 2.18. The summed E-state index contributed by atoms with van der Waals surface area (Å²) < 4.78 is 4.65. The third-order valence-corrected chi connectivity index (χ3v) is 3.34. The normalized spacial score (nSPS) is 10.2. The zero-order valence-electron chi connectivity index (χ0n) is 10.8. The second-order valence-corrected chi connectivity index (χ2v) is 5.01. The molecule has 0 aliphatic rings. The van der Waals surface area contributed by atoms with Crippen LogP contribution < -0.4 is 5.32 Å². The van der Waals surface area contributed by atoms with Crippen LogP contribution in [0.5, 0.6) is 0 Å². The highest BCUT2D eigenvalue weighted by atomic mass is 35.5. The first kappa shape index (κ1) is 14.7. The average Bonchev–Trinajstić information content (AvgIpc) is 2.46. The van der Waals surface area contributed by atoms with Gasteiger partial charge in [0.05, 0.1) is 23.4 Å². The van der Waals surface area contributed by atoms with Crippen LogP contribution in [-0.4, -0.2) is 13.1 Å². The minimum atomic E-state index is -0.342. The average molecular weight is 310 g/mol. The van der Waals surface area contributed by atoms with E-state index in [1.54, 1.807) is 24.3 Å². The molecule has 0 amide bonds. The molecule has 0 fully saturated rings. The van der Waals surface area contributed by atoms with E-state index in [-0.39, 0.29) is 5.97 Å². The van der Waals surface area contributed by atoms with E-state index in [0.29, 0.717) is 22.2 Å². The molecule has 0 unspecified atom stereocenters. The maximum atomic E-state index is 11.3. The number of carbonyl (C=O) groups is 1. The first-order chi connectivity index (χ1) is 9.60. The zero-order chi connectivity index (χ0) is 14.5. The number of rotatable bonds is 4. The summed E-state index contributed by atoms with van der Waals surface area (Å²) >= 11 is 11.9. The second kappa shape index (κ2) is 6.64. The predicted molar refractivity (Wildman–Crippen MR) is 81.6 cm³/mol. The first-order valence-electron chi connectivity index (χ1n) is 5.96. The Balaban J connectivity index is 2.02. The molecule has 2 rings (SSSR count). The maximum absolute atomic E-state index is 11.3. The van der Waals surface area contributed by atoms with Gasteiger partial charge in [0.15, 0.2) is 0 Å². The Labute approximate surface area is 127 Å². The van der Waals surface area contributed by atoms with E-state index in [0.717, 1.165) is 11.3 Å². The van der Waals surface area contributed by atoms with Crippen molar-refractivity contribution in [3.8, 4) is 0 Å². The first-order valence-corrected chi connectivity index (χ1v) is 6.72. The Kier molecular flexibility index (Phi) is 4.88. The summed E-state index contributed by atoms with van der Waals surface area (Å²) in [6.07, 6.45) is 0. The number of hydrogen-bond donors (Lipinski definition) is 1. The molecular formula is C15H13Cl2NO2. The molecule has 104 valence electrons. The molecule has 0 aromatic heterocycles. The summed E-state index contributed by atoms with van der Waals surface area (Å²) in [4.78, 5) is 11.3. The smallest absolute Gasteiger partial charge is 0.337 e. The lowest BCUT2D eigenvalue weighted by molar-refractivity contribution is 0.0600. The van der Waals surface area contributed by atoms with Gasteiger partial charge in [0.2, 0.25) is 0 Å². The summed E-state index contributed by atoms with van der Waals surface area (Å²) in [5.74, 6) is -0.342. The molecule has 0 atom stereocenters. The van der Waals surface area contributed by atoms with E-state index < -0.39 is 0 Å². The SMILES string of the molecule is COC(=O)c1ccc(CNc2ccc(Cl)cc2Cl)cc1. The van der Waals surface area contributed by atoms with Crippen LogP contribution in [0.15, 0.2) is 42.5 Å². The third-order valence-electron chi connectivity index (χ3n) is 2.79. The number of hydrogen-bond acceptors (Lipinski definition) is 3. The summed E-state index contributed by atoms with van der Waals surface area (Å²) in [7, 11) is 1.36. The lowest BCUT2D eigenvalue weighted by Crippen LogP contribution is -2.03. The van der Waals surface area contributed by atoms with Crippen molar-refractivity contribution in [2.75, 3.05) is 12.4 Å². The van der Waals surface area contributed by atoms with Crippen LogP contribution in [-0.2, 0) is 11.3 Å². The quantitative estimate of drug-likeness (QED) is 0.851. The number of nitrogens with one attached hydrogen (secondary N) is 1. The topological polar surface area (TPSA) is 38.3 Å². The van der Waals surface area contributed by atoms with Gasteiger partial charge in [-0.2, -0.15) is 0 Å². The van der Waals surface area contributed by atoms with Gasteiger partial charge in [-0.15, -0.1) is 0 Å². The summed E-state index contributed by atoms with van der Waals surface area (Å²) in [6, 6.07) is 12.5. The largest absolute Gasteiger partial charge is 0.465 e. The van der Waals surface area contributed by atoms with Crippen molar-refractivity contribution in [2.45, 2.75) is 6.54 Å². The molecule has 1 N–H and O–H groups in total. The highest BCUT2D eigenvalue weighted by Gasteiger charge is 2.05. The molecule has 0 aliphatic carbocycles. The molecule has 0 saturated carbocycles. The molecule has 20 heavy (non-hydrogen) atoms. The van der Waals surface area contributed by atoms with Crippen molar-refractivity contribution in [1.29, 1.82) is 0 Å². The Morgan fingerprint density at radius 1 is 1.15 bits per heavy atom. The lowest BCUT2D eigenvalue weighted by atomic mass is 10.1. The van der Waals surface area contributed by atoms with E-state index in [1.807, 2.05) is 18.2 Å². The number of benzene rings is 2. The van der Waals surface area contributed by atoms with E-state index in [1.165, 1.54) is 7.11 Å². The van der Waals surface area contributed by atoms with Gasteiger partial charge < -0.3 is 10.1 Å². The van der Waals surface area contributed by atoms with Gasteiger partial charge >= 0.3 is 5.97 Å². The van der Waals surface area contributed by atoms with Gasteiger partial charge in [-0.25, -0.2) is 4.79 Å². The van der Waals surface area contributed by atoms with Crippen LogP contribution in [0.25, 0.3) is 0 Å². The van der Waals surface area contributed by atoms with Crippen molar-refractivity contribution >= 4 is 34.9 Å². The van der Waals surface area contributed by atoms with Gasteiger partial charge in [-0.3, -0.25) is 0 Å². The molecular weight excluding hydrogens is 297 g/mol. The van der Waals surface area contributed by atoms with Crippen LogP contribution in [0.4, 0.5) is 5.69 Å². The minimum absolute atomic E-state index is 0.342. The fraction of sp³-hybridized carbons (Fsp3) is 0.133. The summed E-state index contributed by atoms with van der Waals surface area (Å²) in [6.45, 7) is 0.600. The van der Waals surface area contributed by atoms with Crippen LogP contribution in [0.3, 0.4) is 0 Å². The van der Waals surface area contributed by atoms with Crippen LogP contribution in [0.2, 0.25) is 10.0 Å². The molecule has 3 nitrogen and oxygen atoms in total. The van der Waals surface area contributed by atoms with Crippen LogP contribution in [0, 0.1) is 0 Å². The number of carbonyl (C=O) groups excluding carboxylic acids is 1. The minimum Gasteiger partial charge on any atom is -0.465 e. The zero-order valence-corrected chi connectivity index (χ0v) is 12.3. The van der Waals surface area contributed by atoms with Crippen molar-refractivity contribution in [1.82, 2.24) is 0 Å². The molecule has 2 aromatic rings. The van der Waals surface area contributed by atoms with Crippen molar-refractivity contribution in [2.24, 2.45) is 0 Å². The molecule has 0 bridgehead atoms. The highest BCUT2D eigenvalue weighted by molar-refractivity contribution is 6.36. The Morgan fingerprint density at radius 3 is 2.45 bits per heavy atom. The van der Waals surface area contributed by atoms with Gasteiger partial charge in [-0.1, -0.05) is 35.3 Å². The van der Waals surface area contributed by atoms with Gasteiger partial charge in [0.25, 0.3) is 0 Å². The Morgan fingerprint density at radius 2 is 1.85 bits per heavy atom. The lowest BCUT2D eigenvalue weighted by Gasteiger charge is -2.09. The number of methoxy groups -OCH3 is 1. The van der Waals surface area contributed by atoms with Gasteiger partial charge in [-0.05, 0) is 35.9 Å². The predicted octanol–water partition coefficient (Wildman–Crippen LogP) is 4.39. The van der Waals surface area contributed by atoms with Gasteiger partial charge in [0.1, 0.15) is 0 Å². The number of anilines is 1. The van der Waals surface area contributed by atoms with E-state index in [9.17, 15) is 4.79 Å². The third kappa shape index (κ3) is 3.65. The van der Waals surface area contributed by atoms with Gasteiger partial charge in [0, 0.05) is 11.6 Å². The second-order valence-electron chi connectivity index (χ2n) is 4.17. The molecule has 0 aliphatic heterocycles. The molecule has 5 heteroatoms. The number of halogens is 2. The summed E-state index contributed by atoms with van der Waals surface area (Å²) in [5.41, 5.74) is 2.37. The summed E-state index contributed by atoms with van der Waals surface area (Å²) in [5, 5.41) is 4.39. The van der Waals surface area contributed by atoms with Crippen molar-refractivity contribution < 1.29 is 9.53 Å². The highest BCUT2D eigenvalue weighted by Crippen LogP contribution is 2.25. The number of ether oxygens (including phenoxy) is 1. The standard InChI is InChI=1S/C15H13Cl2NO2/c1-20-15(19)11-4-2-10(3-5-11)9-18-14-7-6-12(16)8-13(14)17/h2-8,18H,9H2,1H3. The molecule has 2 aromatic carbocycles. The fourth-order valence-electron chi connectivity index (χ4n) is 1.71. The monoisotopic (exact) mass is 309 g/mol. The van der Waals surface area contributed by atoms with E-state index in [2.05, 4.69) is 10.1 Å². The van der Waals surface area contributed by atoms with E-state index >= 15 is 0 Å². The molecule has 0 radical (unpaired) electrons. The van der Waals surface area contributed by atoms with Crippen molar-refractivity contribution in [3.63, 3.8) is 0 Å². The molecule has 0 spiro atoms. The molecule has 0 saturated heterocycles. The van der Waals surface area contributed by atoms with Crippen LogP contribution in [0.1, 0.15) is 15.9 Å². The van der Waals surface area contributed by atoms with Crippen molar-refractivity contribution in [3.05, 3.63) is 63.6 Å². The van der Waals surface area contributed by atoms with E-state index in [4.69, 9.17) is 23.2 Å². The number of esters is 1. The molecule has 0 heterocycles. The Bertz CT molecular complexity index is 612. The van der Waals surface area contributed by atoms with Crippen LogP contribution >= 0.6 is 23.2 Å². The Hall–Kier alpha value is -1.71.